The largest absolute Gasteiger partial charge is 0.309 e. The number of hydrogen-bond donors (Lipinski definition) is 0. The third kappa shape index (κ3) is 5.80. The molecule has 0 radical (unpaired) electrons. The monoisotopic (exact) mass is 821 g/mol. The number of rotatable bonds is 6. The highest BCUT2D eigenvalue weighted by molar-refractivity contribution is 7.25. The Morgan fingerprint density at radius 2 is 0.683 bits per heavy atom. The zero-order chi connectivity index (χ0) is 41.4. The molecule has 13 aromatic rings. The van der Waals surface area contributed by atoms with Gasteiger partial charge in [0.2, 0.25) is 5.95 Å². The molecule has 0 N–H and O–H groups in total. The molecule has 9 aromatic carbocycles. The number of hydrogen-bond acceptors (Lipinski definition) is 4. The predicted molar refractivity (Wildman–Crippen MR) is 263 cm³/mol. The molecule has 6 heteroatoms. The van der Waals surface area contributed by atoms with E-state index in [-0.39, 0.29) is 0 Å². The van der Waals surface area contributed by atoms with Crippen molar-refractivity contribution in [1.29, 1.82) is 0 Å². The van der Waals surface area contributed by atoms with Crippen LogP contribution in [-0.2, 0) is 0 Å². The van der Waals surface area contributed by atoms with Gasteiger partial charge in [-0.25, -0.2) is 4.98 Å². The maximum absolute atomic E-state index is 5.12. The summed E-state index contributed by atoms with van der Waals surface area (Å²) in [6.07, 6.45) is 0. The van der Waals surface area contributed by atoms with Crippen LogP contribution in [0.25, 0.3) is 120 Å². The van der Waals surface area contributed by atoms with Gasteiger partial charge in [-0.3, -0.25) is 4.57 Å². The summed E-state index contributed by atoms with van der Waals surface area (Å²) in [6.45, 7) is 0. The highest BCUT2D eigenvalue weighted by Crippen LogP contribution is 2.41. The number of fused-ring (bicyclic) bond motifs is 9. The van der Waals surface area contributed by atoms with E-state index in [1.807, 2.05) is 72.0 Å². The lowest BCUT2D eigenvalue weighted by Gasteiger charge is -2.11. The first-order valence-corrected chi connectivity index (χ1v) is 22.0. The molecular formula is C57H35N5S. The quantitative estimate of drug-likeness (QED) is 0.168. The molecule has 63 heavy (non-hydrogen) atoms. The summed E-state index contributed by atoms with van der Waals surface area (Å²) in [4.78, 5) is 15.2. The summed E-state index contributed by atoms with van der Waals surface area (Å²) < 4.78 is 7.12. The first kappa shape index (κ1) is 35.6. The van der Waals surface area contributed by atoms with Crippen LogP contribution in [0.3, 0.4) is 0 Å². The van der Waals surface area contributed by atoms with Crippen molar-refractivity contribution in [2.75, 3.05) is 0 Å². The van der Waals surface area contributed by atoms with Crippen molar-refractivity contribution >= 4 is 75.1 Å². The minimum atomic E-state index is 0.588. The van der Waals surface area contributed by atoms with E-state index >= 15 is 0 Å². The molecule has 294 valence electrons. The Hall–Kier alpha value is -8.19. The summed E-state index contributed by atoms with van der Waals surface area (Å²) >= 11 is 1.85. The van der Waals surface area contributed by atoms with Crippen LogP contribution in [0.15, 0.2) is 212 Å². The first-order chi connectivity index (χ1) is 31.2. The molecule has 0 saturated heterocycles. The Morgan fingerprint density at radius 1 is 0.286 bits per heavy atom. The lowest BCUT2D eigenvalue weighted by molar-refractivity contribution is 0.953. The van der Waals surface area contributed by atoms with Crippen molar-refractivity contribution in [3.05, 3.63) is 212 Å². The van der Waals surface area contributed by atoms with E-state index in [9.17, 15) is 0 Å². The maximum atomic E-state index is 5.12. The smallest absolute Gasteiger partial charge is 0.238 e. The van der Waals surface area contributed by atoms with Crippen LogP contribution in [0.2, 0.25) is 0 Å². The molecule has 0 aliphatic carbocycles. The molecule has 4 heterocycles. The average Bonchev–Trinajstić information content (AvgIpc) is 4.01. The zero-order valence-corrected chi connectivity index (χ0v) is 34.7. The summed E-state index contributed by atoms with van der Waals surface area (Å²) in [5.41, 5.74) is 12.3. The molecule has 0 spiro atoms. The highest BCUT2D eigenvalue weighted by Gasteiger charge is 2.19. The van der Waals surface area contributed by atoms with Gasteiger partial charge in [-0.15, -0.1) is 11.3 Å². The van der Waals surface area contributed by atoms with Gasteiger partial charge in [-0.05, 0) is 95.1 Å². The van der Waals surface area contributed by atoms with Gasteiger partial charge < -0.3 is 4.57 Å². The second-order valence-electron chi connectivity index (χ2n) is 16.0. The second kappa shape index (κ2) is 14.2. The zero-order valence-electron chi connectivity index (χ0n) is 33.9. The van der Waals surface area contributed by atoms with Crippen molar-refractivity contribution in [3.8, 4) is 56.7 Å². The standard InChI is InChI=1S/C57H35N5S/c1-4-14-36(15-5-1)55-58-56(37-16-6-2-7-17-37)60-57(59-55)62-50-23-13-11-21-44(50)46-33-39(25-29-52(46)62)41-27-31-54-48(35-41)47-34-40(26-30-53(47)63-54)38-24-28-51-45(32-38)43-20-10-12-22-49(43)61(51)42-18-8-3-9-19-42/h1-35H. The fourth-order valence-corrected chi connectivity index (χ4v) is 10.5. The van der Waals surface area contributed by atoms with Gasteiger partial charge in [0.05, 0.1) is 22.1 Å². The number of nitrogens with zero attached hydrogens (tertiary/aromatic N) is 5. The number of thiophene rings is 1. The van der Waals surface area contributed by atoms with Gasteiger partial charge in [0.15, 0.2) is 11.6 Å². The van der Waals surface area contributed by atoms with Crippen LogP contribution in [0.4, 0.5) is 0 Å². The number of benzene rings is 9. The van der Waals surface area contributed by atoms with E-state index in [0.717, 1.165) is 38.5 Å². The Kier molecular flexibility index (Phi) is 8.01. The van der Waals surface area contributed by atoms with E-state index in [0.29, 0.717) is 17.6 Å². The van der Waals surface area contributed by atoms with Gasteiger partial charge in [-0.1, -0.05) is 140 Å². The minimum Gasteiger partial charge on any atom is -0.309 e. The van der Waals surface area contributed by atoms with E-state index in [1.165, 1.54) is 64.4 Å². The lowest BCUT2D eigenvalue weighted by atomic mass is 9.98. The lowest BCUT2D eigenvalue weighted by Crippen LogP contribution is -2.06. The van der Waals surface area contributed by atoms with Crippen molar-refractivity contribution < 1.29 is 0 Å². The molecule has 0 unspecified atom stereocenters. The number of para-hydroxylation sites is 3. The predicted octanol–water partition coefficient (Wildman–Crippen LogP) is 15.1. The average molecular weight is 822 g/mol. The van der Waals surface area contributed by atoms with Gasteiger partial charge >= 0.3 is 0 Å². The summed E-state index contributed by atoms with van der Waals surface area (Å²) in [6, 6.07) is 75.8. The van der Waals surface area contributed by atoms with Crippen LogP contribution in [0.1, 0.15) is 0 Å². The van der Waals surface area contributed by atoms with E-state index in [1.54, 1.807) is 0 Å². The highest BCUT2D eigenvalue weighted by atomic mass is 32.1. The molecule has 0 aliphatic heterocycles. The van der Waals surface area contributed by atoms with E-state index in [2.05, 4.69) is 161 Å². The van der Waals surface area contributed by atoms with Crippen molar-refractivity contribution in [3.63, 3.8) is 0 Å². The minimum absolute atomic E-state index is 0.588. The molecule has 13 rings (SSSR count). The fraction of sp³-hybridized carbons (Fsp3) is 0. The molecule has 0 bridgehead atoms. The maximum Gasteiger partial charge on any atom is 0.238 e. The normalized spacial score (nSPS) is 11.8. The van der Waals surface area contributed by atoms with Crippen molar-refractivity contribution in [2.45, 2.75) is 0 Å². The first-order valence-electron chi connectivity index (χ1n) is 21.2. The Balaban J connectivity index is 0.929. The van der Waals surface area contributed by atoms with Gasteiger partial charge in [0, 0.05) is 58.5 Å². The number of aromatic nitrogens is 5. The molecular weight excluding hydrogens is 787 g/mol. The Labute approximate surface area is 366 Å². The van der Waals surface area contributed by atoms with Crippen molar-refractivity contribution in [2.24, 2.45) is 0 Å². The molecule has 5 nitrogen and oxygen atoms in total. The SMILES string of the molecule is c1ccc(-c2nc(-c3ccccc3)nc(-n3c4ccccc4c4cc(-c5ccc6sc7ccc(-c8ccc9c(c8)c8ccccc8n9-c8ccccc8)cc7c6c5)ccc43)n2)cc1. The summed E-state index contributed by atoms with van der Waals surface area (Å²) in [7, 11) is 0. The molecule has 0 amide bonds. The van der Waals surface area contributed by atoms with Crippen LogP contribution >= 0.6 is 11.3 Å². The third-order valence-corrected chi connectivity index (χ3v) is 13.5. The van der Waals surface area contributed by atoms with Gasteiger partial charge in [0.1, 0.15) is 0 Å². The second-order valence-corrected chi connectivity index (χ2v) is 17.1. The molecule has 0 atom stereocenters. The van der Waals surface area contributed by atoms with E-state index in [4.69, 9.17) is 15.0 Å². The van der Waals surface area contributed by atoms with Gasteiger partial charge in [-0.2, -0.15) is 9.97 Å². The Morgan fingerprint density at radius 3 is 1.21 bits per heavy atom. The van der Waals surface area contributed by atoms with Gasteiger partial charge in [0.25, 0.3) is 0 Å². The van der Waals surface area contributed by atoms with Crippen LogP contribution in [0, 0.1) is 0 Å². The van der Waals surface area contributed by atoms with Crippen LogP contribution < -0.4 is 0 Å². The van der Waals surface area contributed by atoms with Crippen LogP contribution in [-0.4, -0.2) is 24.1 Å². The van der Waals surface area contributed by atoms with Crippen LogP contribution in [0.5, 0.6) is 0 Å². The molecule has 4 aromatic heterocycles. The third-order valence-electron chi connectivity index (χ3n) is 12.4. The molecule has 0 fully saturated rings. The van der Waals surface area contributed by atoms with E-state index < -0.39 is 0 Å². The topological polar surface area (TPSA) is 48.5 Å². The molecule has 0 saturated carbocycles. The van der Waals surface area contributed by atoms with Crippen molar-refractivity contribution in [1.82, 2.24) is 24.1 Å². The summed E-state index contributed by atoms with van der Waals surface area (Å²) in [5, 5.41) is 7.35. The summed E-state index contributed by atoms with van der Waals surface area (Å²) in [5.74, 6) is 1.86. The Bertz CT molecular complexity index is 3850. The molecule has 0 aliphatic rings. The fourth-order valence-electron chi connectivity index (χ4n) is 9.41.